The van der Waals surface area contributed by atoms with Crippen LogP contribution in [-0.4, -0.2) is 22.7 Å². The maximum Gasteiger partial charge on any atom is 0.312 e. The van der Waals surface area contributed by atoms with Crippen molar-refractivity contribution in [3.8, 4) is 11.4 Å². The zero-order chi connectivity index (χ0) is 31.5. The maximum absolute atomic E-state index is 15.0. The van der Waals surface area contributed by atoms with Gasteiger partial charge in [-0.1, -0.05) is 85.2 Å². The third-order valence-corrected chi connectivity index (χ3v) is 8.49. The summed E-state index contributed by atoms with van der Waals surface area (Å²) >= 11 is 6.44. The van der Waals surface area contributed by atoms with E-state index >= 15 is 8.78 Å². The number of benzene rings is 2. The Hall–Kier alpha value is -3.36. The predicted molar refractivity (Wildman–Crippen MR) is 165 cm³/mol. The number of carbonyl (C=O) groups is 1. The molecule has 0 amide bonds. The summed E-state index contributed by atoms with van der Waals surface area (Å²) in [7, 11) is 0. The van der Waals surface area contributed by atoms with E-state index in [1.54, 1.807) is 0 Å². The number of Topliss-reactive ketones (excluding diaryl/α,β-unsaturated/α-hetero) is 1. The number of halogens is 3. The van der Waals surface area contributed by atoms with E-state index < -0.39 is 17.1 Å². The minimum Gasteiger partial charge on any atom is -0.377 e. The monoisotopic (exact) mass is 624 g/mol. The van der Waals surface area contributed by atoms with Crippen LogP contribution in [0, 0.1) is 12.3 Å². The molecule has 0 spiro atoms. The van der Waals surface area contributed by atoms with E-state index in [-0.39, 0.29) is 36.2 Å². The fourth-order valence-corrected chi connectivity index (χ4v) is 5.64. The Balaban J connectivity index is 1.38. The summed E-state index contributed by atoms with van der Waals surface area (Å²) < 4.78 is 47.1. The first-order chi connectivity index (χ1) is 20.9. The minimum atomic E-state index is -3.23. The van der Waals surface area contributed by atoms with E-state index in [2.05, 4.69) is 10.3 Å². The van der Waals surface area contributed by atoms with Crippen LogP contribution in [0.1, 0.15) is 98.5 Å². The lowest BCUT2D eigenvalue weighted by Gasteiger charge is -2.27. The molecule has 234 valence electrons. The zero-order valence-electron chi connectivity index (χ0n) is 25.7. The Kier molecular flexibility index (Phi) is 9.71. The molecule has 0 aliphatic heterocycles. The summed E-state index contributed by atoms with van der Waals surface area (Å²) in [4.78, 5) is 13.4. The second-order valence-electron chi connectivity index (χ2n) is 12.9. The van der Waals surface area contributed by atoms with Gasteiger partial charge >= 0.3 is 5.92 Å². The standard InChI is InChI=1S/C35H39ClF2N2O4/c1-22-12-13-25(28(36)17-22)18-27(41)19-26(11-8-16-42-21-23-9-6-5-7-10-23)33-31(24-14-15-24)32(40-44-33)29-20-30(43-39-29)35(37,38)34(2,3)4/h5-7,9-10,12-13,17,20,24,26H,8,11,14-16,18-19,21H2,1-4H3/t26-/m0/s1. The summed E-state index contributed by atoms with van der Waals surface area (Å²) in [6.45, 7) is 7.33. The van der Waals surface area contributed by atoms with Crippen LogP contribution in [0.15, 0.2) is 63.6 Å². The van der Waals surface area contributed by atoms with Gasteiger partial charge in [0.2, 0.25) is 5.76 Å². The molecule has 0 radical (unpaired) electrons. The molecule has 5 rings (SSSR count). The highest BCUT2D eigenvalue weighted by Crippen LogP contribution is 2.50. The number of alkyl halides is 2. The highest BCUT2D eigenvalue weighted by atomic mass is 35.5. The Labute approximate surface area is 262 Å². The smallest absolute Gasteiger partial charge is 0.312 e. The first-order valence-electron chi connectivity index (χ1n) is 15.2. The lowest BCUT2D eigenvalue weighted by atomic mass is 9.86. The molecular formula is C35H39ClF2N2O4. The molecule has 2 aromatic carbocycles. The van der Waals surface area contributed by atoms with Crippen LogP contribution in [0.3, 0.4) is 0 Å². The lowest BCUT2D eigenvalue weighted by Crippen LogP contribution is -2.30. The molecule has 6 nitrogen and oxygen atoms in total. The molecule has 0 unspecified atom stereocenters. The molecular weight excluding hydrogens is 586 g/mol. The Morgan fingerprint density at radius 1 is 1.07 bits per heavy atom. The number of aromatic nitrogens is 2. The van der Waals surface area contributed by atoms with Crippen LogP contribution in [0.25, 0.3) is 11.4 Å². The molecule has 1 saturated carbocycles. The van der Waals surface area contributed by atoms with Gasteiger partial charge in [0, 0.05) is 47.4 Å². The molecule has 0 N–H and O–H groups in total. The van der Waals surface area contributed by atoms with E-state index in [1.165, 1.54) is 26.8 Å². The molecule has 1 fully saturated rings. The van der Waals surface area contributed by atoms with Gasteiger partial charge in [-0.25, -0.2) is 0 Å². The van der Waals surface area contributed by atoms with Gasteiger partial charge in [0.1, 0.15) is 22.9 Å². The molecule has 2 heterocycles. The molecule has 1 aliphatic rings. The number of rotatable bonds is 14. The molecule has 0 bridgehead atoms. The molecule has 1 atom stereocenters. The largest absolute Gasteiger partial charge is 0.377 e. The highest BCUT2D eigenvalue weighted by molar-refractivity contribution is 6.31. The fourth-order valence-electron chi connectivity index (χ4n) is 5.34. The number of hydrogen-bond acceptors (Lipinski definition) is 6. The van der Waals surface area contributed by atoms with Crippen LogP contribution in [-0.2, 0) is 28.5 Å². The van der Waals surface area contributed by atoms with Gasteiger partial charge < -0.3 is 13.8 Å². The zero-order valence-corrected chi connectivity index (χ0v) is 26.4. The van der Waals surface area contributed by atoms with Crippen molar-refractivity contribution in [1.29, 1.82) is 0 Å². The number of ketones is 1. The van der Waals surface area contributed by atoms with Gasteiger partial charge in [-0.3, -0.25) is 4.79 Å². The molecule has 4 aromatic rings. The molecule has 0 saturated heterocycles. The van der Waals surface area contributed by atoms with Crippen LogP contribution in [0.5, 0.6) is 0 Å². The van der Waals surface area contributed by atoms with Crippen molar-refractivity contribution in [3.05, 3.63) is 93.4 Å². The van der Waals surface area contributed by atoms with Gasteiger partial charge in [0.05, 0.1) is 6.61 Å². The van der Waals surface area contributed by atoms with Crippen LogP contribution in [0.4, 0.5) is 8.78 Å². The average molecular weight is 625 g/mol. The predicted octanol–water partition coefficient (Wildman–Crippen LogP) is 9.59. The summed E-state index contributed by atoms with van der Waals surface area (Å²) in [5.74, 6) is -3.21. The van der Waals surface area contributed by atoms with Crippen molar-refractivity contribution in [3.63, 3.8) is 0 Å². The van der Waals surface area contributed by atoms with E-state index in [4.69, 9.17) is 25.4 Å². The van der Waals surface area contributed by atoms with Crippen LogP contribution < -0.4 is 0 Å². The minimum absolute atomic E-state index is 0.0270. The number of hydrogen-bond donors (Lipinski definition) is 0. The number of aryl methyl sites for hydroxylation is 1. The highest BCUT2D eigenvalue weighted by Gasteiger charge is 2.48. The normalized spacial score (nSPS) is 14.6. The molecule has 9 heteroatoms. The van der Waals surface area contributed by atoms with Gasteiger partial charge in [-0.2, -0.15) is 8.78 Å². The van der Waals surface area contributed by atoms with Crippen molar-refractivity contribution in [1.82, 2.24) is 10.3 Å². The van der Waals surface area contributed by atoms with E-state index in [1.807, 2.05) is 55.5 Å². The van der Waals surface area contributed by atoms with Gasteiger partial charge in [-0.05, 0) is 61.3 Å². The summed E-state index contributed by atoms with van der Waals surface area (Å²) in [6.07, 6.45) is 3.59. The summed E-state index contributed by atoms with van der Waals surface area (Å²) in [6, 6.07) is 16.9. The van der Waals surface area contributed by atoms with Crippen molar-refractivity contribution in [2.75, 3.05) is 6.61 Å². The van der Waals surface area contributed by atoms with E-state index in [0.717, 1.165) is 35.1 Å². The van der Waals surface area contributed by atoms with Crippen molar-refractivity contribution in [2.24, 2.45) is 5.41 Å². The molecule has 2 aromatic heterocycles. The lowest BCUT2D eigenvalue weighted by molar-refractivity contribution is -0.122. The second kappa shape index (κ2) is 13.3. The Morgan fingerprint density at radius 2 is 1.82 bits per heavy atom. The number of nitrogens with zero attached hydrogens (tertiary/aromatic N) is 2. The first-order valence-corrected chi connectivity index (χ1v) is 15.5. The van der Waals surface area contributed by atoms with E-state index in [0.29, 0.717) is 42.5 Å². The third kappa shape index (κ3) is 7.46. The van der Waals surface area contributed by atoms with Gasteiger partial charge in [-0.15, -0.1) is 0 Å². The summed E-state index contributed by atoms with van der Waals surface area (Å²) in [5, 5.41) is 8.87. The Morgan fingerprint density at radius 3 is 2.50 bits per heavy atom. The van der Waals surface area contributed by atoms with Crippen molar-refractivity contribution < 1.29 is 27.4 Å². The number of carbonyl (C=O) groups excluding carboxylic acids is 1. The van der Waals surface area contributed by atoms with Crippen LogP contribution >= 0.6 is 11.6 Å². The first kappa shape index (κ1) is 32.0. The van der Waals surface area contributed by atoms with Gasteiger partial charge in [0.15, 0.2) is 0 Å². The Bertz CT molecular complexity index is 1570. The molecule has 1 aliphatic carbocycles. The van der Waals surface area contributed by atoms with E-state index in [9.17, 15) is 4.79 Å². The fraction of sp³-hybridized carbons (Fsp3) is 0.457. The summed E-state index contributed by atoms with van der Waals surface area (Å²) in [5.41, 5.74) is 2.99. The topological polar surface area (TPSA) is 78.4 Å². The SMILES string of the molecule is Cc1ccc(CC(=O)C[C@H](CCCOCc2ccccc2)c2onc(-c3cc(C(F)(F)C(C)(C)C)on3)c2C2CC2)c(Cl)c1. The third-order valence-electron chi connectivity index (χ3n) is 8.14. The quantitative estimate of drug-likeness (QED) is 0.130. The molecule has 44 heavy (non-hydrogen) atoms. The number of ether oxygens (including phenoxy) is 1. The van der Waals surface area contributed by atoms with Gasteiger partial charge in [0.25, 0.3) is 0 Å². The van der Waals surface area contributed by atoms with Crippen molar-refractivity contribution in [2.45, 2.75) is 90.6 Å². The maximum atomic E-state index is 15.0. The van der Waals surface area contributed by atoms with Crippen molar-refractivity contribution >= 4 is 17.4 Å². The second-order valence-corrected chi connectivity index (χ2v) is 13.3. The average Bonchev–Trinajstić information content (AvgIpc) is 3.51. The van der Waals surface area contributed by atoms with Crippen LogP contribution in [0.2, 0.25) is 5.02 Å².